The van der Waals surface area contributed by atoms with Gasteiger partial charge in [-0.3, -0.25) is 13.3 Å². The molecule has 0 radical (unpaired) electrons. The van der Waals surface area contributed by atoms with Gasteiger partial charge in [0.15, 0.2) is 0 Å². The van der Waals surface area contributed by atoms with E-state index in [2.05, 4.69) is 0 Å². The standard InChI is InChI=1S/C17HF38NO5SSi/c18-1(19,3(22,23)5(26,27)8(32,33)34)2(20,21)4(24,25)6(28,29)16(52,53)62(57,58)17(54,55)7(30,31)12(44,45)56-63(59-13(46,47)9(35,36)37,60-14(48,49)10(38,39)40)61-15(50,51)11(41,42)43/h56H. The Bertz CT molecular complexity index is 1680. The number of hydrogen-bond donors (Lipinski definition) is 1. The maximum absolute atomic E-state index is 14.5. The lowest BCUT2D eigenvalue weighted by molar-refractivity contribution is -0.458. The molecule has 0 saturated carbocycles. The fraction of sp³-hybridized carbons (Fsp3) is 1.00. The highest BCUT2D eigenvalue weighted by Gasteiger charge is 2.98. The first-order valence-corrected chi connectivity index (χ1v) is 15.9. The number of sulfone groups is 1. The van der Waals surface area contributed by atoms with Gasteiger partial charge < -0.3 is 0 Å². The van der Waals surface area contributed by atoms with Crippen molar-refractivity contribution in [3.63, 3.8) is 0 Å². The first kappa shape index (κ1) is 60.3. The van der Waals surface area contributed by atoms with Crippen LogP contribution in [0.2, 0.25) is 0 Å². The van der Waals surface area contributed by atoms with Crippen LogP contribution in [0.5, 0.6) is 0 Å². The number of nitrogens with one attached hydrogen (secondary N) is 1. The van der Waals surface area contributed by atoms with Gasteiger partial charge >= 0.3 is 110 Å². The Morgan fingerprint density at radius 3 is 0.714 bits per heavy atom. The van der Waals surface area contributed by atoms with E-state index in [9.17, 15) is 175 Å². The third-order valence-electron chi connectivity index (χ3n) is 6.22. The smallest absolute Gasteiger partial charge is 0.293 e. The molecular weight excluding hydrogens is 1080 g/mol. The second-order valence-corrected chi connectivity index (χ2v) is 14.7. The van der Waals surface area contributed by atoms with Gasteiger partial charge in [0.05, 0.1) is 0 Å². The first-order chi connectivity index (χ1) is 26.3. The number of halogens is 38. The molecule has 0 amide bonds. The van der Waals surface area contributed by atoms with Crippen LogP contribution >= 0.6 is 0 Å². The van der Waals surface area contributed by atoms with Crippen LogP contribution < -0.4 is 4.98 Å². The first-order valence-electron chi connectivity index (χ1n) is 12.6. The molecule has 0 aliphatic heterocycles. The molecule has 1 N–H and O–H groups in total. The van der Waals surface area contributed by atoms with Gasteiger partial charge in [0.2, 0.25) is 0 Å². The predicted molar refractivity (Wildman–Crippen MR) is 110 cm³/mol. The molecule has 0 saturated heterocycles. The van der Waals surface area contributed by atoms with Gasteiger partial charge in [0.25, 0.3) is 9.84 Å². The Labute approximate surface area is 314 Å². The molecule has 0 spiro atoms. The monoisotopic (exact) mass is 1080 g/mol. The van der Waals surface area contributed by atoms with Gasteiger partial charge in [-0.05, 0) is 0 Å². The Morgan fingerprint density at radius 2 is 0.492 bits per heavy atom. The summed E-state index contributed by atoms with van der Waals surface area (Å²) in [5, 5.41) is -20.1. The fourth-order valence-electron chi connectivity index (χ4n) is 2.92. The van der Waals surface area contributed by atoms with Gasteiger partial charge in [-0.2, -0.15) is 167 Å². The minimum Gasteiger partial charge on any atom is -0.293 e. The third-order valence-corrected chi connectivity index (χ3v) is 10.3. The minimum absolute atomic E-state index is 1.34. The average Bonchev–Trinajstić information content (AvgIpc) is 2.96. The summed E-state index contributed by atoms with van der Waals surface area (Å²) in [5.74, 6) is -68.6. The molecule has 0 aromatic carbocycles. The van der Waals surface area contributed by atoms with Crippen LogP contribution in [-0.4, -0.2) is 118 Å². The average molecular weight is 1080 g/mol. The molecule has 0 aromatic rings. The Hall–Kier alpha value is -2.65. The Balaban J connectivity index is 8.34. The van der Waals surface area contributed by atoms with Crippen LogP contribution in [0.1, 0.15) is 0 Å². The largest absolute Gasteiger partial charge is 0.615 e. The van der Waals surface area contributed by atoms with Crippen molar-refractivity contribution in [2.45, 2.75) is 101 Å². The van der Waals surface area contributed by atoms with Crippen molar-refractivity contribution in [1.29, 1.82) is 0 Å². The topological polar surface area (TPSA) is 73.9 Å². The van der Waals surface area contributed by atoms with E-state index < -0.39 is 125 Å². The lowest BCUT2D eigenvalue weighted by atomic mass is 9.91. The number of rotatable bonds is 18. The van der Waals surface area contributed by atoms with Crippen LogP contribution in [0.3, 0.4) is 0 Å². The van der Waals surface area contributed by atoms with E-state index in [-0.39, 0.29) is 0 Å². The maximum Gasteiger partial charge on any atom is 0.615 e. The Kier molecular flexibility index (Phi) is 14.5. The van der Waals surface area contributed by atoms with Crippen molar-refractivity contribution in [3.8, 4) is 0 Å². The van der Waals surface area contributed by atoms with E-state index >= 15 is 0 Å². The second kappa shape index (κ2) is 15.2. The zero-order valence-electron chi connectivity index (χ0n) is 26.3. The van der Waals surface area contributed by atoms with Crippen molar-refractivity contribution < 1.29 is 189 Å². The summed E-state index contributed by atoms with van der Waals surface area (Å²) in [6.07, 6.45) is -58.8. The molecule has 0 aliphatic carbocycles. The van der Waals surface area contributed by atoms with Crippen LogP contribution in [0, 0.1) is 0 Å². The normalized spacial score (nSPS) is 17.1. The van der Waals surface area contributed by atoms with Crippen LogP contribution in [0.4, 0.5) is 167 Å². The molecule has 46 heteroatoms. The van der Waals surface area contributed by atoms with Crippen LogP contribution in [0.15, 0.2) is 0 Å². The number of alkyl halides is 38. The predicted octanol–water partition coefficient (Wildman–Crippen LogP) is 10.7. The third kappa shape index (κ3) is 8.99. The summed E-state index contributed by atoms with van der Waals surface area (Å²) in [4.78, 5) is -2.52. The van der Waals surface area contributed by atoms with Gasteiger partial charge in [0, 0.05) is 0 Å². The van der Waals surface area contributed by atoms with E-state index in [1.165, 1.54) is 13.3 Å². The molecule has 0 aliphatic rings. The highest BCUT2D eigenvalue weighted by molar-refractivity contribution is 7.93. The molecule has 0 bridgehead atoms. The lowest BCUT2D eigenvalue weighted by Gasteiger charge is -2.43. The SMILES string of the molecule is O=S(=O)(C(F)(F)C(F)(F)C(F)(F)N[Si](OC(F)(F)C(F)(F)F)(OC(F)(F)C(F)(F)F)OC(F)(F)C(F)(F)F)C(F)(F)C(F)(F)C(F)(F)C(F)(F)C(F)(F)C(F)(F)C(F)(F)C(F)(F)F. The minimum atomic E-state index is -11.2. The fourth-order valence-corrected chi connectivity index (χ4v) is 6.35. The molecule has 6 nitrogen and oxygen atoms in total. The molecule has 0 unspecified atom stereocenters. The van der Waals surface area contributed by atoms with Gasteiger partial charge in [0.1, 0.15) is 0 Å². The highest BCUT2D eigenvalue weighted by Crippen LogP contribution is 2.66. The van der Waals surface area contributed by atoms with Gasteiger partial charge in [-0.15, -0.1) is 0 Å². The van der Waals surface area contributed by atoms with E-state index in [1.54, 1.807) is 0 Å². The van der Waals surface area contributed by atoms with Crippen molar-refractivity contribution in [1.82, 2.24) is 4.98 Å². The van der Waals surface area contributed by atoms with Gasteiger partial charge in [-0.25, -0.2) is 13.4 Å². The Morgan fingerprint density at radius 1 is 0.286 bits per heavy atom. The molecule has 0 rings (SSSR count). The van der Waals surface area contributed by atoms with Crippen molar-refractivity contribution in [2.75, 3.05) is 0 Å². The maximum atomic E-state index is 14.5. The van der Waals surface area contributed by atoms with Crippen LogP contribution in [0.25, 0.3) is 0 Å². The summed E-state index contributed by atoms with van der Waals surface area (Å²) in [5.41, 5.74) is 0. The zero-order chi connectivity index (χ0) is 52.3. The van der Waals surface area contributed by atoms with E-state index in [4.69, 9.17) is 0 Å². The second-order valence-electron chi connectivity index (χ2n) is 10.7. The van der Waals surface area contributed by atoms with Gasteiger partial charge in [-0.1, -0.05) is 0 Å². The zero-order valence-corrected chi connectivity index (χ0v) is 28.1. The van der Waals surface area contributed by atoms with Crippen LogP contribution in [-0.2, 0) is 23.1 Å². The summed E-state index contributed by atoms with van der Waals surface area (Å²) in [6, 6.07) is -9.43. The van der Waals surface area contributed by atoms with Crippen molar-refractivity contribution >= 4 is 18.8 Å². The molecule has 380 valence electrons. The quantitative estimate of drug-likeness (QED) is 0.0838. The molecule has 0 aromatic heterocycles. The van der Waals surface area contributed by atoms with E-state index in [0.717, 1.165) is 0 Å². The van der Waals surface area contributed by atoms with E-state index in [1.807, 2.05) is 0 Å². The van der Waals surface area contributed by atoms with Crippen molar-refractivity contribution in [3.05, 3.63) is 0 Å². The summed E-state index contributed by atoms with van der Waals surface area (Å²) < 4.78 is 535. The molecule has 63 heavy (non-hydrogen) atoms. The number of hydrogen-bond acceptors (Lipinski definition) is 6. The molecule has 0 atom stereocenters. The molecule has 0 heterocycles. The lowest BCUT2D eigenvalue weighted by Crippen LogP contribution is -2.78. The molecular formula is C17HF38NO5SSi. The summed E-state index contributed by atoms with van der Waals surface area (Å²) in [6.45, 7) is 0. The van der Waals surface area contributed by atoms with E-state index in [0.29, 0.717) is 0 Å². The summed E-state index contributed by atoms with van der Waals surface area (Å²) >= 11 is 0. The molecule has 0 fully saturated rings. The summed E-state index contributed by atoms with van der Waals surface area (Å²) in [7, 11) is -22.1. The van der Waals surface area contributed by atoms with Crippen molar-refractivity contribution in [2.24, 2.45) is 0 Å². The highest BCUT2D eigenvalue weighted by atomic mass is 32.2.